The average Bonchev–Trinajstić information content (AvgIpc) is 2.72. The SMILES string of the molecule is NS(=O)(=O)c1ccc(CCNC(=O)Cc2cc(=O)[nH]c(SCc3ccccc3)n2)cc1. The second-order valence-electron chi connectivity index (χ2n) is 6.78. The number of nitrogens with zero attached hydrogens (tertiary/aromatic N) is 1. The molecule has 8 nitrogen and oxygen atoms in total. The number of primary sulfonamides is 1. The van der Waals surface area contributed by atoms with Crippen LogP contribution in [0.5, 0.6) is 0 Å². The Labute approximate surface area is 184 Å². The van der Waals surface area contributed by atoms with E-state index in [0.717, 1.165) is 11.1 Å². The van der Waals surface area contributed by atoms with Crippen molar-refractivity contribution in [1.82, 2.24) is 15.3 Å². The van der Waals surface area contributed by atoms with E-state index in [4.69, 9.17) is 5.14 Å². The van der Waals surface area contributed by atoms with Crippen molar-refractivity contribution < 1.29 is 13.2 Å². The van der Waals surface area contributed by atoms with Crippen LogP contribution in [-0.4, -0.2) is 30.8 Å². The smallest absolute Gasteiger partial charge is 0.251 e. The lowest BCUT2D eigenvalue weighted by Gasteiger charge is -2.07. The van der Waals surface area contributed by atoms with E-state index in [1.54, 1.807) is 12.1 Å². The Morgan fingerprint density at radius 1 is 1.06 bits per heavy atom. The zero-order valence-corrected chi connectivity index (χ0v) is 18.2. The fourth-order valence-corrected chi connectivity index (χ4v) is 4.15. The first kappa shape index (κ1) is 22.7. The highest BCUT2D eigenvalue weighted by molar-refractivity contribution is 7.98. The predicted octanol–water partition coefficient (Wildman–Crippen LogP) is 1.61. The number of nitrogens with one attached hydrogen (secondary N) is 2. The fourth-order valence-electron chi connectivity index (χ4n) is 2.79. The Morgan fingerprint density at radius 2 is 1.77 bits per heavy atom. The van der Waals surface area contributed by atoms with E-state index >= 15 is 0 Å². The van der Waals surface area contributed by atoms with Crippen molar-refractivity contribution in [2.75, 3.05) is 6.54 Å². The molecule has 3 aromatic rings. The maximum absolute atomic E-state index is 12.2. The average molecular weight is 459 g/mol. The van der Waals surface area contributed by atoms with Crippen molar-refractivity contribution >= 4 is 27.7 Å². The molecule has 1 amide bonds. The molecule has 0 aliphatic rings. The largest absolute Gasteiger partial charge is 0.355 e. The number of sulfonamides is 1. The van der Waals surface area contributed by atoms with Crippen LogP contribution in [0, 0.1) is 0 Å². The lowest BCUT2D eigenvalue weighted by Crippen LogP contribution is -2.28. The standard InChI is InChI=1S/C21H22N4O4S2/c22-31(28,29)18-8-6-15(7-9-18)10-11-23-19(26)12-17-13-20(27)25-21(24-17)30-14-16-4-2-1-3-5-16/h1-9,13H,10-12,14H2,(H,23,26)(H2,22,28,29)(H,24,25,27). The van der Waals surface area contributed by atoms with Crippen molar-refractivity contribution in [2.24, 2.45) is 5.14 Å². The molecule has 0 radical (unpaired) electrons. The summed E-state index contributed by atoms with van der Waals surface area (Å²) in [5.74, 6) is 0.405. The summed E-state index contributed by atoms with van der Waals surface area (Å²) in [5.41, 5.74) is 2.06. The minimum atomic E-state index is -3.72. The van der Waals surface area contributed by atoms with E-state index in [1.807, 2.05) is 30.3 Å². The Bertz CT molecular complexity index is 1190. The van der Waals surface area contributed by atoms with Gasteiger partial charge in [0.1, 0.15) is 0 Å². The Balaban J connectivity index is 1.50. The van der Waals surface area contributed by atoms with E-state index in [9.17, 15) is 18.0 Å². The number of H-pyrrole nitrogens is 1. The molecule has 0 aliphatic heterocycles. The molecule has 0 bridgehead atoms. The van der Waals surface area contributed by atoms with Crippen molar-refractivity contribution in [2.45, 2.75) is 28.6 Å². The topological polar surface area (TPSA) is 135 Å². The van der Waals surface area contributed by atoms with Gasteiger partial charge >= 0.3 is 0 Å². The van der Waals surface area contributed by atoms with Gasteiger partial charge in [-0.25, -0.2) is 18.5 Å². The number of carbonyl (C=O) groups is 1. The summed E-state index contributed by atoms with van der Waals surface area (Å²) in [7, 11) is -3.72. The van der Waals surface area contributed by atoms with Gasteiger partial charge in [0.25, 0.3) is 5.56 Å². The number of amides is 1. The number of aromatic nitrogens is 2. The highest BCUT2D eigenvalue weighted by atomic mass is 32.2. The number of benzene rings is 2. The van der Waals surface area contributed by atoms with Crippen LogP contribution in [0.1, 0.15) is 16.8 Å². The summed E-state index contributed by atoms with van der Waals surface area (Å²) in [6, 6.07) is 17.3. The molecule has 31 heavy (non-hydrogen) atoms. The van der Waals surface area contributed by atoms with E-state index in [0.29, 0.717) is 29.6 Å². The molecular formula is C21H22N4O4S2. The maximum atomic E-state index is 12.2. The van der Waals surface area contributed by atoms with Gasteiger partial charge in [-0.1, -0.05) is 54.2 Å². The van der Waals surface area contributed by atoms with Crippen molar-refractivity contribution in [3.63, 3.8) is 0 Å². The third-order valence-corrected chi connectivity index (χ3v) is 6.19. The molecule has 2 aromatic carbocycles. The van der Waals surface area contributed by atoms with Gasteiger partial charge in [0, 0.05) is 18.4 Å². The summed E-state index contributed by atoms with van der Waals surface area (Å²) < 4.78 is 22.5. The quantitative estimate of drug-likeness (QED) is 0.329. The highest BCUT2D eigenvalue weighted by Crippen LogP contribution is 2.18. The van der Waals surface area contributed by atoms with Gasteiger partial charge in [0.2, 0.25) is 15.9 Å². The molecule has 0 unspecified atom stereocenters. The fraction of sp³-hybridized carbons (Fsp3) is 0.190. The second kappa shape index (κ2) is 10.4. The molecule has 0 saturated heterocycles. The first-order valence-electron chi connectivity index (χ1n) is 9.45. The van der Waals surface area contributed by atoms with Gasteiger partial charge in [0.05, 0.1) is 17.0 Å². The molecule has 3 rings (SSSR count). The summed E-state index contributed by atoms with van der Waals surface area (Å²) in [6.07, 6.45) is 0.519. The molecule has 10 heteroatoms. The van der Waals surface area contributed by atoms with Crippen LogP contribution in [0.15, 0.2) is 75.5 Å². The first-order chi connectivity index (χ1) is 14.8. The highest BCUT2D eigenvalue weighted by Gasteiger charge is 2.09. The van der Waals surface area contributed by atoms with Crippen LogP contribution in [-0.2, 0) is 33.4 Å². The van der Waals surface area contributed by atoms with Crippen LogP contribution in [0.2, 0.25) is 0 Å². The van der Waals surface area contributed by atoms with Crippen LogP contribution in [0.25, 0.3) is 0 Å². The van der Waals surface area contributed by atoms with E-state index in [2.05, 4.69) is 15.3 Å². The van der Waals surface area contributed by atoms with Gasteiger partial charge < -0.3 is 10.3 Å². The molecule has 162 valence electrons. The van der Waals surface area contributed by atoms with Gasteiger partial charge in [-0.05, 0) is 29.7 Å². The molecule has 1 heterocycles. The van der Waals surface area contributed by atoms with Gasteiger partial charge in [-0.2, -0.15) is 0 Å². The summed E-state index contributed by atoms with van der Waals surface area (Å²) in [6.45, 7) is 0.367. The number of rotatable bonds is 9. The second-order valence-corrected chi connectivity index (χ2v) is 9.31. The third-order valence-electron chi connectivity index (χ3n) is 4.32. The Kier molecular flexibility index (Phi) is 7.61. The van der Waals surface area contributed by atoms with Gasteiger partial charge in [0.15, 0.2) is 5.16 Å². The monoisotopic (exact) mass is 458 g/mol. The minimum Gasteiger partial charge on any atom is -0.355 e. The van der Waals surface area contributed by atoms with Crippen molar-refractivity contribution in [1.29, 1.82) is 0 Å². The molecule has 4 N–H and O–H groups in total. The lowest BCUT2D eigenvalue weighted by atomic mass is 10.1. The van der Waals surface area contributed by atoms with Crippen LogP contribution < -0.4 is 16.0 Å². The summed E-state index contributed by atoms with van der Waals surface area (Å²) in [4.78, 5) is 31.2. The maximum Gasteiger partial charge on any atom is 0.251 e. The number of hydrogen-bond acceptors (Lipinski definition) is 6. The molecule has 0 fully saturated rings. The van der Waals surface area contributed by atoms with Crippen LogP contribution in [0.4, 0.5) is 0 Å². The third kappa shape index (κ3) is 7.35. The lowest BCUT2D eigenvalue weighted by molar-refractivity contribution is -0.120. The number of nitrogens with two attached hydrogens (primary N) is 1. The van der Waals surface area contributed by atoms with Crippen LogP contribution in [0.3, 0.4) is 0 Å². The van der Waals surface area contributed by atoms with E-state index < -0.39 is 10.0 Å². The predicted molar refractivity (Wildman–Crippen MR) is 119 cm³/mol. The Morgan fingerprint density at radius 3 is 2.45 bits per heavy atom. The molecule has 0 saturated carbocycles. The number of aromatic amines is 1. The zero-order valence-electron chi connectivity index (χ0n) is 16.6. The van der Waals surface area contributed by atoms with E-state index in [1.165, 1.54) is 30.0 Å². The van der Waals surface area contributed by atoms with Crippen LogP contribution >= 0.6 is 11.8 Å². The van der Waals surface area contributed by atoms with Crippen molar-refractivity contribution in [3.8, 4) is 0 Å². The van der Waals surface area contributed by atoms with E-state index in [-0.39, 0.29) is 22.8 Å². The number of hydrogen-bond donors (Lipinski definition) is 3. The first-order valence-corrected chi connectivity index (χ1v) is 12.0. The van der Waals surface area contributed by atoms with Gasteiger partial charge in [-0.15, -0.1) is 0 Å². The minimum absolute atomic E-state index is 0.00677. The molecule has 0 spiro atoms. The summed E-state index contributed by atoms with van der Waals surface area (Å²) >= 11 is 1.40. The molecular weight excluding hydrogens is 436 g/mol. The summed E-state index contributed by atoms with van der Waals surface area (Å²) in [5, 5.41) is 8.32. The number of thioether (sulfide) groups is 1. The molecule has 0 atom stereocenters. The van der Waals surface area contributed by atoms with Crippen molar-refractivity contribution in [3.05, 3.63) is 87.8 Å². The molecule has 1 aromatic heterocycles. The Hall–Kier alpha value is -2.95. The van der Waals surface area contributed by atoms with Gasteiger partial charge in [-0.3, -0.25) is 9.59 Å². The zero-order chi connectivity index (χ0) is 22.3. The molecule has 0 aliphatic carbocycles. The normalized spacial score (nSPS) is 11.3. The number of carbonyl (C=O) groups excluding carboxylic acids is 1.